The molecule has 3 N–H and O–H groups in total. The Balaban J connectivity index is 2.21. The van der Waals surface area contributed by atoms with Gasteiger partial charge >= 0.3 is 0 Å². The lowest BCUT2D eigenvalue weighted by Gasteiger charge is -2.35. The normalized spacial score (nSPS) is 25.8. The lowest BCUT2D eigenvalue weighted by molar-refractivity contribution is 0.102. The van der Waals surface area contributed by atoms with E-state index in [0.29, 0.717) is 18.2 Å². The molecule has 2 unspecified atom stereocenters. The van der Waals surface area contributed by atoms with Crippen LogP contribution in [0, 0.1) is 12.8 Å². The van der Waals surface area contributed by atoms with Crippen LogP contribution >= 0.6 is 0 Å². The van der Waals surface area contributed by atoms with Gasteiger partial charge in [0.15, 0.2) is 5.82 Å². The van der Waals surface area contributed by atoms with Crippen LogP contribution in [0.15, 0.2) is 12.1 Å². The number of aryl methyl sites for hydroxylation is 1. The number of aliphatic hydroxyl groups excluding tert-OH is 1. The van der Waals surface area contributed by atoms with Crippen LogP contribution in [-0.4, -0.2) is 29.3 Å². The van der Waals surface area contributed by atoms with E-state index in [-0.39, 0.29) is 6.10 Å². The maximum Gasteiger partial charge on any atom is 0.152 e. The molecule has 0 saturated carbocycles. The highest BCUT2D eigenvalue weighted by Gasteiger charge is 2.25. The van der Waals surface area contributed by atoms with Crippen molar-refractivity contribution in [1.29, 1.82) is 0 Å². The molecule has 4 nitrogen and oxygen atoms in total. The van der Waals surface area contributed by atoms with Crippen molar-refractivity contribution in [1.82, 2.24) is 4.98 Å². The highest BCUT2D eigenvalue weighted by Crippen LogP contribution is 2.26. The standard InChI is InChI=1S/C12H19N3O/c1-8-5-6-15(7-11(8)16)12-10(13)4-3-9(2)14-12/h3-4,8,11,16H,5-7,13H2,1-2H3. The first-order valence-corrected chi connectivity index (χ1v) is 5.74. The number of nitrogens with zero attached hydrogens (tertiary/aromatic N) is 2. The number of aromatic nitrogens is 1. The molecule has 4 heteroatoms. The van der Waals surface area contributed by atoms with Crippen molar-refractivity contribution < 1.29 is 5.11 Å². The van der Waals surface area contributed by atoms with Crippen LogP contribution in [0.2, 0.25) is 0 Å². The first kappa shape index (κ1) is 11.2. The Bertz CT molecular complexity index is 381. The largest absolute Gasteiger partial charge is 0.396 e. The van der Waals surface area contributed by atoms with Crippen LogP contribution < -0.4 is 10.6 Å². The van der Waals surface area contributed by atoms with Crippen molar-refractivity contribution in [2.24, 2.45) is 5.92 Å². The molecule has 0 aromatic carbocycles. The number of aliphatic hydroxyl groups is 1. The first-order chi connectivity index (χ1) is 7.58. The summed E-state index contributed by atoms with van der Waals surface area (Å²) in [6.45, 7) is 5.57. The quantitative estimate of drug-likeness (QED) is 0.747. The van der Waals surface area contributed by atoms with Crippen molar-refractivity contribution in [3.63, 3.8) is 0 Å². The fraction of sp³-hybridized carbons (Fsp3) is 0.583. The molecule has 2 rings (SSSR count). The zero-order valence-corrected chi connectivity index (χ0v) is 9.85. The van der Waals surface area contributed by atoms with Gasteiger partial charge in [0.05, 0.1) is 11.8 Å². The lowest BCUT2D eigenvalue weighted by Crippen LogP contribution is -2.43. The molecule has 1 aromatic rings. The maximum absolute atomic E-state index is 9.86. The van der Waals surface area contributed by atoms with Crippen molar-refractivity contribution in [2.45, 2.75) is 26.4 Å². The number of piperidine rings is 1. The predicted molar refractivity (Wildman–Crippen MR) is 65.4 cm³/mol. The Morgan fingerprint density at radius 1 is 1.50 bits per heavy atom. The minimum absolute atomic E-state index is 0.282. The maximum atomic E-state index is 9.86. The van der Waals surface area contributed by atoms with E-state index in [0.717, 1.165) is 24.5 Å². The van der Waals surface area contributed by atoms with Gasteiger partial charge in [-0.3, -0.25) is 0 Å². The third-order valence-corrected chi connectivity index (χ3v) is 3.26. The van der Waals surface area contributed by atoms with Crippen molar-refractivity contribution in [3.8, 4) is 0 Å². The van der Waals surface area contributed by atoms with Gasteiger partial charge in [0.1, 0.15) is 0 Å². The summed E-state index contributed by atoms with van der Waals surface area (Å²) < 4.78 is 0. The van der Waals surface area contributed by atoms with Crippen LogP contribution in [0.5, 0.6) is 0 Å². The predicted octanol–water partition coefficient (Wildman–Crippen LogP) is 1.18. The minimum Gasteiger partial charge on any atom is -0.396 e. The molecule has 1 aliphatic rings. The molecule has 0 aliphatic carbocycles. The molecular formula is C12H19N3O. The zero-order valence-electron chi connectivity index (χ0n) is 9.85. The summed E-state index contributed by atoms with van der Waals surface area (Å²) in [5.74, 6) is 1.17. The Labute approximate surface area is 96.1 Å². The number of β-amino-alcohol motifs (C(OH)–C–C–N with tert-alkyl or cyclic N) is 1. The van der Waals surface area contributed by atoms with E-state index in [1.54, 1.807) is 0 Å². The van der Waals surface area contributed by atoms with Crippen LogP contribution in [0.4, 0.5) is 11.5 Å². The molecule has 88 valence electrons. The number of hydrogen-bond acceptors (Lipinski definition) is 4. The molecule has 0 bridgehead atoms. The molecule has 2 atom stereocenters. The van der Waals surface area contributed by atoms with Gasteiger partial charge in [-0.05, 0) is 31.4 Å². The third-order valence-electron chi connectivity index (χ3n) is 3.26. The lowest BCUT2D eigenvalue weighted by atomic mass is 9.96. The highest BCUT2D eigenvalue weighted by molar-refractivity contribution is 5.63. The number of rotatable bonds is 1. The molecule has 0 spiro atoms. The summed E-state index contributed by atoms with van der Waals surface area (Å²) in [6, 6.07) is 3.78. The molecule has 0 radical (unpaired) electrons. The van der Waals surface area contributed by atoms with E-state index in [9.17, 15) is 5.11 Å². The minimum atomic E-state index is -0.282. The molecular weight excluding hydrogens is 202 g/mol. The number of hydrogen-bond donors (Lipinski definition) is 2. The third kappa shape index (κ3) is 2.11. The molecule has 16 heavy (non-hydrogen) atoms. The summed E-state index contributed by atoms with van der Waals surface area (Å²) >= 11 is 0. The van der Waals surface area contributed by atoms with Crippen molar-refractivity contribution in [2.75, 3.05) is 23.7 Å². The Kier molecular flexibility index (Phi) is 3.01. The monoisotopic (exact) mass is 221 g/mol. The van der Waals surface area contributed by atoms with Gasteiger partial charge in [0.25, 0.3) is 0 Å². The molecule has 0 amide bonds. The van der Waals surface area contributed by atoms with Crippen molar-refractivity contribution >= 4 is 11.5 Å². The smallest absolute Gasteiger partial charge is 0.152 e. The molecule has 1 fully saturated rings. The summed E-state index contributed by atoms with van der Waals surface area (Å²) in [6.07, 6.45) is 0.700. The molecule has 1 aromatic heterocycles. The summed E-state index contributed by atoms with van der Waals surface area (Å²) in [7, 11) is 0. The SMILES string of the molecule is Cc1ccc(N)c(N2CCC(C)C(O)C2)n1. The summed E-state index contributed by atoms with van der Waals surface area (Å²) in [4.78, 5) is 6.52. The van der Waals surface area contributed by atoms with Gasteiger partial charge in [-0.1, -0.05) is 6.92 Å². The average Bonchev–Trinajstić information content (AvgIpc) is 2.26. The second-order valence-corrected chi connectivity index (χ2v) is 4.64. The van der Waals surface area contributed by atoms with Gasteiger partial charge in [-0.25, -0.2) is 4.98 Å². The second kappa shape index (κ2) is 4.29. The molecule has 2 heterocycles. The van der Waals surface area contributed by atoms with E-state index >= 15 is 0 Å². The number of anilines is 2. The van der Waals surface area contributed by atoms with E-state index in [1.165, 1.54) is 0 Å². The summed E-state index contributed by atoms with van der Waals surface area (Å²) in [5, 5.41) is 9.86. The second-order valence-electron chi connectivity index (χ2n) is 4.64. The molecule has 1 aliphatic heterocycles. The van der Waals surface area contributed by atoms with Gasteiger partial charge in [-0.15, -0.1) is 0 Å². The van der Waals surface area contributed by atoms with Gasteiger partial charge in [0.2, 0.25) is 0 Å². The van der Waals surface area contributed by atoms with Crippen molar-refractivity contribution in [3.05, 3.63) is 17.8 Å². The van der Waals surface area contributed by atoms with E-state index < -0.39 is 0 Å². The van der Waals surface area contributed by atoms with Crippen LogP contribution in [0.25, 0.3) is 0 Å². The highest BCUT2D eigenvalue weighted by atomic mass is 16.3. The van der Waals surface area contributed by atoms with Gasteiger partial charge in [0, 0.05) is 18.8 Å². The van der Waals surface area contributed by atoms with E-state index in [2.05, 4.69) is 16.8 Å². The Hall–Kier alpha value is -1.29. The Morgan fingerprint density at radius 2 is 2.25 bits per heavy atom. The Morgan fingerprint density at radius 3 is 2.94 bits per heavy atom. The topological polar surface area (TPSA) is 62.4 Å². The fourth-order valence-corrected chi connectivity index (χ4v) is 2.05. The first-order valence-electron chi connectivity index (χ1n) is 5.74. The van der Waals surface area contributed by atoms with E-state index in [1.807, 2.05) is 19.1 Å². The zero-order chi connectivity index (χ0) is 11.7. The summed E-state index contributed by atoms with van der Waals surface area (Å²) in [5.41, 5.74) is 7.56. The van der Waals surface area contributed by atoms with Crippen LogP contribution in [-0.2, 0) is 0 Å². The molecule has 1 saturated heterocycles. The van der Waals surface area contributed by atoms with Crippen LogP contribution in [0.3, 0.4) is 0 Å². The number of pyridine rings is 1. The van der Waals surface area contributed by atoms with Gasteiger partial charge < -0.3 is 15.7 Å². The average molecular weight is 221 g/mol. The van der Waals surface area contributed by atoms with Gasteiger partial charge in [-0.2, -0.15) is 0 Å². The van der Waals surface area contributed by atoms with E-state index in [4.69, 9.17) is 5.73 Å². The fourth-order valence-electron chi connectivity index (χ4n) is 2.05. The van der Waals surface area contributed by atoms with Crippen LogP contribution in [0.1, 0.15) is 19.0 Å². The number of nitrogen functional groups attached to an aromatic ring is 1. The number of nitrogens with two attached hydrogens (primary N) is 1.